The van der Waals surface area contributed by atoms with E-state index >= 15 is 0 Å². The lowest BCUT2D eigenvalue weighted by atomic mass is 9.44. The van der Waals surface area contributed by atoms with Gasteiger partial charge in [0.05, 0.1) is 60.3 Å². The number of hydrogen-bond acceptors (Lipinski definition) is 13. The van der Waals surface area contributed by atoms with Gasteiger partial charge in [-0.1, -0.05) is 291 Å². The molecule has 0 heterocycles. The summed E-state index contributed by atoms with van der Waals surface area (Å²) in [6.07, 6.45) is 36.6. The number of carboxylic acids is 4. The van der Waals surface area contributed by atoms with E-state index in [4.69, 9.17) is 4.74 Å². The normalized spacial score (nSPS) is 41.7. The molecule has 798 valence electrons. The predicted molar refractivity (Wildman–Crippen MR) is 571 cm³/mol. The summed E-state index contributed by atoms with van der Waals surface area (Å²) in [7, 11) is 0. The number of ketones is 1. The Bertz CT molecular complexity index is 5100. The molecular formula is C126H192O17. The van der Waals surface area contributed by atoms with Gasteiger partial charge in [-0.15, -0.1) is 0 Å². The van der Waals surface area contributed by atoms with Gasteiger partial charge in [-0.3, -0.25) is 28.8 Å². The number of rotatable bonds is 25. The molecule has 8 fully saturated rings. The summed E-state index contributed by atoms with van der Waals surface area (Å²) in [5.74, 6) is -3.95. The molecule has 16 aliphatic carbocycles. The predicted octanol–water partition coefficient (Wildman–Crippen LogP) is 26.9. The minimum atomic E-state index is -0.805. The Morgan fingerprint density at radius 1 is 0.336 bits per heavy atom. The minimum Gasteiger partial charge on any atom is -0.481 e. The average molecular weight is 1980 g/mol. The Kier molecular flexibility index (Phi) is 31.4. The number of fused-ring (bicyclic) bond motifs is 20. The number of hydrogen-bond donors (Lipinski definition) is 10. The number of aliphatic carboxylic acids is 4. The van der Waals surface area contributed by atoms with Gasteiger partial charge in [0.2, 0.25) is 0 Å². The number of ether oxygens (including phenoxy) is 1. The first-order chi connectivity index (χ1) is 65.8. The second-order valence-corrected chi connectivity index (χ2v) is 55.8. The summed E-state index contributed by atoms with van der Waals surface area (Å²) in [5, 5.41) is 109. The van der Waals surface area contributed by atoms with Crippen LogP contribution >= 0.6 is 0 Å². The fourth-order valence-electron chi connectivity index (χ4n) is 35.8. The molecule has 0 aliphatic heterocycles. The van der Waals surface area contributed by atoms with E-state index < -0.39 is 72.0 Å². The number of carbonyl (C=O) groups is 6. The Hall–Kier alpha value is -6.34. The summed E-state index contributed by atoms with van der Waals surface area (Å²) in [6, 6.07) is 0. The molecule has 17 nitrogen and oxygen atoms in total. The molecule has 16 aliphatic rings. The van der Waals surface area contributed by atoms with E-state index in [-0.39, 0.29) is 141 Å². The zero-order valence-electron chi connectivity index (χ0n) is 93.9. The van der Waals surface area contributed by atoms with Crippen LogP contribution in [0.15, 0.2) is 142 Å². The second-order valence-electron chi connectivity index (χ2n) is 55.8. The molecule has 10 N–H and O–H groups in total. The minimum absolute atomic E-state index is 0.00139. The molecule has 0 bridgehead atoms. The molecule has 0 radical (unpaired) electrons. The Morgan fingerprint density at radius 3 is 0.804 bits per heavy atom. The summed E-state index contributed by atoms with van der Waals surface area (Å²) in [5.41, 5.74) is 11.8. The van der Waals surface area contributed by atoms with Crippen LogP contribution in [-0.2, 0) is 33.5 Å². The van der Waals surface area contributed by atoms with Crippen molar-refractivity contribution in [2.75, 3.05) is 0 Å². The van der Waals surface area contributed by atoms with Crippen LogP contribution in [0.25, 0.3) is 0 Å². The topological polar surface area (TPSA) is 314 Å². The van der Waals surface area contributed by atoms with Crippen molar-refractivity contribution in [2.24, 2.45) is 181 Å². The first-order valence-electron chi connectivity index (χ1n) is 55.9. The Labute approximate surface area is 861 Å². The van der Waals surface area contributed by atoms with Crippen molar-refractivity contribution in [2.45, 2.75) is 423 Å². The number of allylic oxidation sites excluding steroid dienone is 20. The lowest BCUT2D eigenvalue weighted by Crippen LogP contribution is -2.55. The smallest absolute Gasteiger partial charge is 0.306 e. The van der Waals surface area contributed by atoms with Crippen molar-refractivity contribution in [3.8, 4) is 0 Å². The molecule has 0 saturated heterocycles. The standard InChI is InChI=1S/C33H50O5.2C31H48O4.C31H46O4/c1-19(2)20(3)10-11-22(29(36)37)28-25(35)18-33(9)24-12-13-26-30(5,6)27(38-21(4)34)15-16-31(26,7)23(24)14-17-32(28,33)8;3*1-18(2)19(3)9-10-20(27(34)35)26-23(32)17-31(8)22-11-12-24-28(4,5)25(33)14-15-29(24,6)21(22)13-16-30(26,31)7/h12,14,19,22,25-28,35H,3,10-11,13,15-18H2,1-2,4-9H3,(H,36,37);2*11,13,18,20,23-26,32-33H,3,9-10,12,14-17H2,1-2,4-8H3,(H,34,35);11,13,18,20,23-24,26,32H,3,9-10,12,14-17H2,1-2,4-8H3,(H,34,35)/t22-,25-,26+,27?,28+,31-,32-,33+;2*20-,23-,24+,25?,26+,29-,30-,31+;20-,23-,24+,26+,29-,30-,31+/m1111/s1. The maximum atomic E-state index is 12.8. The fourth-order valence-corrected chi connectivity index (χ4v) is 35.8. The number of Topliss-reactive ketones (excluding diaryl/α,β-unsaturated/α-hetero) is 1. The van der Waals surface area contributed by atoms with Gasteiger partial charge >= 0.3 is 29.8 Å². The van der Waals surface area contributed by atoms with E-state index in [0.29, 0.717) is 131 Å². The van der Waals surface area contributed by atoms with Crippen molar-refractivity contribution >= 4 is 35.6 Å². The van der Waals surface area contributed by atoms with Gasteiger partial charge in [-0.2, -0.15) is 0 Å². The summed E-state index contributed by atoms with van der Waals surface area (Å²) >= 11 is 0. The zero-order chi connectivity index (χ0) is 107. The van der Waals surface area contributed by atoms with Gasteiger partial charge in [0.25, 0.3) is 0 Å². The maximum absolute atomic E-state index is 12.8. The molecule has 8 saturated carbocycles. The summed E-state index contributed by atoms with van der Waals surface area (Å²) in [4.78, 5) is 75.0. The van der Waals surface area contributed by atoms with Crippen LogP contribution in [0.3, 0.4) is 0 Å². The summed E-state index contributed by atoms with van der Waals surface area (Å²) < 4.78 is 5.80. The van der Waals surface area contributed by atoms with E-state index in [1.165, 1.54) is 51.5 Å². The van der Waals surface area contributed by atoms with Crippen LogP contribution in [0, 0.1) is 181 Å². The van der Waals surface area contributed by atoms with Gasteiger partial charge in [-0.05, 0) is 319 Å². The summed E-state index contributed by atoms with van der Waals surface area (Å²) in [6.45, 7) is 80.1. The van der Waals surface area contributed by atoms with Gasteiger partial charge in [-0.25, -0.2) is 0 Å². The maximum Gasteiger partial charge on any atom is 0.306 e. The van der Waals surface area contributed by atoms with E-state index in [1.807, 2.05) is 0 Å². The highest BCUT2D eigenvalue weighted by atomic mass is 16.5. The van der Waals surface area contributed by atoms with E-state index in [0.717, 1.165) is 119 Å². The van der Waals surface area contributed by atoms with E-state index in [1.54, 1.807) is 0 Å². The molecule has 143 heavy (non-hydrogen) atoms. The van der Waals surface area contributed by atoms with Gasteiger partial charge in [0.15, 0.2) is 0 Å². The third kappa shape index (κ3) is 18.1. The highest BCUT2D eigenvalue weighted by Gasteiger charge is 2.73. The average Bonchev–Trinajstić information content (AvgIpc) is 1.54. The molecule has 16 rings (SSSR count). The number of carboxylic acid groups (broad SMARTS) is 4. The first-order valence-corrected chi connectivity index (χ1v) is 55.9. The molecule has 0 aromatic heterocycles. The highest BCUT2D eigenvalue weighted by Crippen LogP contribution is 2.78. The van der Waals surface area contributed by atoms with Crippen molar-refractivity contribution in [1.82, 2.24) is 0 Å². The van der Waals surface area contributed by atoms with Gasteiger partial charge in [0.1, 0.15) is 11.9 Å². The molecule has 0 spiro atoms. The van der Waals surface area contributed by atoms with Crippen molar-refractivity contribution in [3.05, 3.63) is 142 Å². The third-order valence-electron chi connectivity index (χ3n) is 46.5. The molecular weight excluding hydrogens is 1790 g/mol. The lowest BCUT2D eigenvalue weighted by molar-refractivity contribution is -0.165. The van der Waals surface area contributed by atoms with Crippen molar-refractivity contribution in [3.63, 3.8) is 0 Å². The molecule has 3 unspecified atom stereocenters. The quantitative estimate of drug-likeness (QED) is 0.0300. The third-order valence-corrected chi connectivity index (χ3v) is 46.5. The number of carbonyl (C=O) groups excluding carboxylic acids is 2. The SMILES string of the molecule is C=C(CC[C@@H](C(=O)O)[C@H]1[C@H](O)C[C@@]2(C)C3=CC[C@H]4C(C)(C)C(=O)CC[C@]4(C)C3=CC[C@]12C)C(C)C.C=C(CC[C@@H](C(=O)O)[C@H]1[C@H](O)C[C@@]2(C)C3=CC[C@H]4C(C)(C)C(O)CC[C@]4(C)C3=CC[C@]12C)C(C)C.C=C(CC[C@@H](C(=O)O)[C@H]1[C@H](O)C[C@@]2(C)C3=CC[C@H]4C(C)(C)C(O)CC[C@]4(C)C3=CC[C@]12C)C(C)C.C=C(CC[C@@H](C(=O)O)[C@H]1[C@H](O)C[C@@]2(C)C3=CC[C@H]4C(C)(C)C(OC(C)=O)CC[C@]4(C)C3=CC[C@]12C)C(C)C. The Balaban J connectivity index is 0.000000160. The number of esters is 1. The van der Waals surface area contributed by atoms with Crippen LogP contribution in [-0.4, -0.2) is 129 Å². The highest BCUT2D eigenvalue weighted by molar-refractivity contribution is 5.86. The van der Waals surface area contributed by atoms with E-state index in [9.17, 15) is 79.8 Å². The molecule has 17 heteroatoms. The number of aliphatic hydroxyl groups excluding tert-OH is 6. The number of aliphatic hydroxyl groups is 6. The lowest BCUT2D eigenvalue weighted by Gasteiger charge is -2.61. The molecule has 0 amide bonds. The monoisotopic (exact) mass is 1980 g/mol. The van der Waals surface area contributed by atoms with Gasteiger partial charge < -0.3 is 55.8 Å². The van der Waals surface area contributed by atoms with Crippen LogP contribution in [0.5, 0.6) is 0 Å². The first kappa shape index (κ1) is 114. The van der Waals surface area contributed by atoms with Crippen molar-refractivity contribution in [1.29, 1.82) is 0 Å². The largest absolute Gasteiger partial charge is 0.481 e. The van der Waals surface area contributed by atoms with Crippen molar-refractivity contribution < 1.29 is 84.6 Å². The van der Waals surface area contributed by atoms with Crippen LogP contribution in [0.4, 0.5) is 0 Å². The zero-order valence-corrected chi connectivity index (χ0v) is 93.9. The Morgan fingerprint density at radius 2 is 0.566 bits per heavy atom. The van der Waals surface area contributed by atoms with Crippen LogP contribution < -0.4 is 0 Å². The molecule has 31 atom stereocenters. The van der Waals surface area contributed by atoms with E-state index in [2.05, 4.69) is 269 Å². The second kappa shape index (κ2) is 39.5. The molecule has 0 aromatic rings. The van der Waals surface area contributed by atoms with Gasteiger partial charge in [0, 0.05) is 69.5 Å². The fraction of sp³-hybridized carbons (Fsp3) is 0.762. The molecule has 0 aromatic carbocycles. The van der Waals surface area contributed by atoms with Crippen LogP contribution in [0.2, 0.25) is 0 Å². The van der Waals surface area contributed by atoms with Crippen LogP contribution in [0.1, 0.15) is 381 Å².